The van der Waals surface area contributed by atoms with Crippen LogP contribution >= 0.6 is 0 Å². The third-order valence-corrected chi connectivity index (χ3v) is 6.38. The van der Waals surface area contributed by atoms with E-state index in [0.717, 1.165) is 11.8 Å². The molecule has 1 saturated carbocycles. The average molecular weight is 280 g/mol. The van der Waals surface area contributed by atoms with E-state index < -0.39 is 0 Å². The van der Waals surface area contributed by atoms with Gasteiger partial charge in [0.25, 0.3) is 0 Å². The van der Waals surface area contributed by atoms with E-state index in [-0.39, 0.29) is 0 Å². The van der Waals surface area contributed by atoms with Crippen molar-refractivity contribution in [3.05, 3.63) is 0 Å². The number of likely N-dealkylation sites (N-methyl/N-ethyl adjacent to an activating group) is 1. The van der Waals surface area contributed by atoms with Crippen LogP contribution in [-0.2, 0) is 0 Å². The van der Waals surface area contributed by atoms with Crippen molar-refractivity contribution in [1.29, 1.82) is 0 Å². The molecule has 2 heteroatoms. The molecular weight excluding hydrogens is 244 g/mol. The molecule has 2 fully saturated rings. The van der Waals surface area contributed by atoms with E-state index in [1.165, 1.54) is 64.5 Å². The van der Waals surface area contributed by atoms with E-state index in [2.05, 4.69) is 38.0 Å². The maximum absolute atomic E-state index is 3.76. The highest BCUT2D eigenvalue weighted by Gasteiger charge is 2.45. The van der Waals surface area contributed by atoms with Crippen LogP contribution in [0.2, 0.25) is 0 Å². The maximum Gasteiger partial charge on any atom is 0.0359 e. The summed E-state index contributed by atoms with van der Waals surface area (Å²) in [6.45, 7) is 9.90. The van der Waals surface area contributed by atoms with Crippen molar-refractivity contribution >= 4 is 0 Å². The lowest BCUT2D eigenvalue weighted by atomic mass is 9.70. The molecule has 0 bridgehead atoms. The molecular formula is C18H36N2. The third kappa shape index (κ3) is 3.06. The van der Waals surface area contributed by atoms with Gasteiger partial charge in [-0.25, -0.2) is 0 Å². The summed E-state index contributed by atoms with van der Waals surface area (Å²) in [4.78, 5) is 2.83. The van der Waals surface area contributed by atoms with Gasteiger partial charge in [0.05, 0.1) is 0 Å². The van der Waals surface area contributed by atoms with Gasteiger partial charge in [-0.1, -0.05) is 33.6 Å². The predicted octanol–water partition coefficient (Wildman–Crippen LogP) is 4.06. The summed E-state index contributed by atoms with van der Waals surface area (Å²) >= 11 is 0. The standard InChI is InChI=1S/C18H36N2/c1-5-18(6-2,20-13-7-8-14-20)17(19-4)16-11-9-15(3)10-12-16/h15-17,19H,5-14H2,1-4H3. The molecule has 2 nitrogen and oxygen atoms in total. The summed E-state index contributed by atoms with van der Waals surface area (Å²) in [6, 6.07) is 0.683. The molecule has 1 saturated heterocycles. The monoisotopic (exact) mass is 280 g/mol. The first-order valence-corrected chi connectivity index (χ1v) is 9.10. The smallest absolute Gasteiger partial charge is 0.0359 e. The Labute approximate surface area is 126 Å². The van der Waals surface area contributed by atoms with Crippen LogP contribution in [0.1, 0.15) is 72.1 Å². The van der Waals surface area contributed by atoms with E-state index in [9.17, 15) is 0 Å². The zero-order valence-corrected chi connectivity index (χ0v) is 14.3. The van der Waals surface area contributed by atoms with Crippen molar-refractivity contribution in [1.82, 2.24) is 10.2 Å². The molecule has 0 spiro atoms. The quantitative estimate of drug-likeness (QED) is 0.789. The van der Waals surface area contributed by atoms with Crippen molar-refractivity contribution in [2.24, 2.45) is 11.8 Å². The minimum Gasteiger partial charge on any atom is -0.315 e. The molecule has 0 aromatic carbocycles. The largest absolute Gasteiger partial charge is 0.315 e. The number of nitrogens with one attached hydrogen (secondary N) is 1. The van der Waals surface area contributed by atoms with Crippen molar-refractivity contribution < 1.29 is 0 Å². The van der Waals surface area contributed by atoms with Crippen LogP contribution in [0.3, 0.4) is 0 Å². The van der Waals surface area contributed by atoms with Crippen LogP contribution in [0, 0.1) is 11.8 Å². The van der Waals surface area contributed by atoms with Crippen molar-refractivity contribution in [2.45, 2.75) is 83.7 Å². The van der Waals surface area contributed by atoms with Crippen molar-refractivity contribution in [2.75, 3.05) is 20.1 Å². The molecule has 0 aromatic heterocycles. The topological polar surface area (TPSA) is 15.3 Å². The second-order valence-corrected chi connectivity index (χ2v) is 7.29. The molecule has 118 valence electrons. The zero-order valence-electron chi connectivity index (χ0n) is 14.3. The van der Waals surface area contributed by atoms with Crippen LogP contribution in [0.4, 0.5) is 0 Å². The molecule has 1 unspecified atom stereocenters. The van der Waals surface area contributed by atoms with Gasteiger partial charge < -0.3 is 5.32 Å². The molecule has 1 atom stereocenters. The van der Waals surface area contributed by atoms with E-state index in [1.807, 2.05) is 0 Å². The first kappa shape index (κ1) is 16.3. The van der Waals surface area contributed by atoms with Gasteiger partial charge in [0.15, 0.2) is 0 Å². The van der Waals surface area contributed by atoms with Gasteiger partial charge in [-0.05, 0) is 70.5 Å². The van der Waals surface area contributed by atoms with Crippen LogP contribution in [-0.4, -0.2) is 36.6 Å². The Morgan fingerprint density at radius 1 is 1.05 bits per heavy atom. The molecule has 0 amide bonds. The number of hydrogen-bond donors (Lipinski definition) is 1. The Hall–Kier alpha value is -0.0800. The summed E-state index contributed by atoms with van der Waals surface area (Å²) in [5, 5.41) is 3.76. The van der Waals surface area contributed by atoms with E-state index in [0.29, 0.717) is 11.6 Å². The first-order valence-electron chi connectivity index (χ1n) is 9.10. The first-order chi connectivity index (χ1) is 9.67. The second-order valence-electron chi connectivity index (χ2n) is 7.29. The Morgan fingerprint density at radius 2 is 1.60 bits per heavy atom. The van der Waals surface area contributed by atoms with E-state index in [1.54, 1.807) is 0 Å². The molecule has 20 heavy (non-hydrogen) atoms. The number of hydrogen-bond acceptors (Lipinski definition) is 2. The highest BCUT2D eigenvalue weighted by atomic mass is 15.2. The number of rotatable bonds is 6. The number of likely N-dealkylation sites (tertiary alicyclic amines) is 1. The fourth-order valence-corrected chi connectivity index (χ4v) is 5.06. The van der Waals surface area contributed by atoms with Crippen molar-refractivity contribution in [3.63, 3.8) is 0 Å². The minimum absolute atomic E-state index is 0.399. The fourth-order valence-electron chi connectivity index (χ4n) is 5.06. The summed E-state index contributed by atoms with van der Waals surface area (Å²) in [7, 11) is 2.21. The molecule has 1 aliphatic carbocycles. The summed E-state index contributed by atoms with van der Waals surface area (Å²) in [5.74, 6) is 1.84. The molecule has 1 N–H and O–H groups in total. The van der Waals surface area contributed by atoms with Crippen LogP contribution in [0.15, 0.2) is 0 Å². The summed E-state index contributed by atoms with van der Waals surface area (Å²) in [5.41, 5.74) is 0.399. The fraction of sp³-hybridized carbons (Fsp3) is 1.00. The van der Waals surface area contributed by atoms with E-state index in [4.69, 9.17) is 0 Å². The highest BCUT2D eigenvalue weighted by molar-refractivity contribution is 5.03. The van der Waals surface area contributed by atoms with Crippen LogP contribution in [0.5, 0.6) is 0 Å². The van der Waals surface area contributed by atoms with Gasteiger partial charge in [-0.3, -0.25) is 4.90 Å². The molecule has 2 aliphatic rings. The van der Waals surface area contributed by atoms with E-state index >= 15 is 0 Å². The molecule has 1 aliphatic heterocycles. The lowest BCUT2D eigenvalue weighted by Crippen LogP contribution is -2.62. The Bertz CT molecular complexity index is 271. The Balaban J connectivity index is 2.15. The normalized spacial score (nSPS) is 30.6. The maximum atomic E-state index is 3.76. The number of nitrogens with zero attached hydrogens (tertiary/aromatic N) is 1. The van der Waals surface area contributed by atoms with Gasteiger partial charge in [-0.2, -0.15) is 0 Å². The lowest BCUT2D eigenvalue weighted by Gasteiger charge is -2.50. The lowest BCUT2D eigenvalue weighted by molar-refractivity contribution is 0.0285. The zero-order chi connectivity index (χ0) is 14.6. The minimum atomic E-state index is 0.399. The summed E-state index contributed by atoms with van der Waals surface area (Å²) < 4.78 is 0. The summed E-state index contributed by atoms with van der Waals surface area (Å²) in [6.07, 6.45) is 11.1. The van der Waals surface area contributed by atoms with Gasteiger partial charge in [0.2, 0.25) is 0 Å². The molecule has 2 rings (SSSR count). The van der Waals surface area contributed by atoms with Gasteiger partial charge in [0, 0.05) is 11.6 Å². The second kappa shape index (κ2) is 7.26. The van der Waals surface area contributed by atoms with Crippen LogP contribution < -0.4 is 5.32 Å². The van der Waals surface area contributed by atoms with Gasteiger partial charge >= 0.3 is 0 Å². The Kier molecular flexibility index (Phi) is 5.92. The molecule has 0 radical (unpaired) electrons. The molecule has 1 heterocycles. The average Bonchev–Trinajstić information content (AvgIpc) is 3.01. The highest BCUT2D eigenvalue weighted by Crippen LogP contribution is 2.40. The van der Waals surface area contributed by atoms with Crippen molar-refractivity contribution in [3.8, 4) is 0 Å². The van der Waals surface area contributed by atoms with Crippen LogP contribution in [0.25, 0.3) is 0 Å². The third-order valence-electron chi connectivity index (χ3n) is 6.38. The Morgan fingerprint density at radius 3 is 2.05 bits per heavy atom. The predicted molar refractivity (Wildman–Crippen MR) is 88.1 cm³/mol. The molecule has 0 aromatic rings. The van der Waals surface area contributed by atoms with Gasteiger partial charge in [0.1, 0.15) is 0 Å². The van der Waals surface area contributed by atoms with Gasteiger partial charge in [-0.15, -0.1) is 0 Å². The SMILES string of the molecule is CCC(CC)(C(NC)C1CCC(C)CC1)N1CCCC1.